The zero-order valence-corrected chi connectivity index (χ0v) is 9.73. The van der Waals surface area contributed by atoms with Gasteiger partial charge >= 0.3 is 0 Å². The number of fused-ring (bicyclic) bond motifs is 1. The minimum atomic E-state index is -0.257. The molecule has 0 spiro atoms. The largest absolute Gasteiger partial charge is 0.393 e. The molecule has 0 fully saturated rings. The summed E-state index contributed by atoms with van der Waals surface area (Å²) in [7, 11) is 0. The van der Waals surface area contributed by atoms with E-state index >= 15 is 0 Å². The van der Waals surface area contributed by atoms with E-state index in [1.165, 1.54) is 10.5 Å². The van der Waals surface area contributed by atoms with Gasteiger partial charge in [0.2, 0.25) is 0 Å². The predicted molar refractivity (Wildman–Crippen MR) is 59.3 cm³/mol. The molecule has 1 heterocycles. The quantitative estimate of drug-likeness (QED) is 0.836. The Hall–Kier alpha value is 0.01000. The van der Waals surface area contributed by atoms with Crippen LogP contribution in [0.15, 0.2) is 27.6 Å². The van der Waals surface area contributed by atoms with E-state index in [1.54, 1.807) is 0 Å². The number of aliphatic hydroxyl groups is 1. The minimum absolute atomic E-state index is 0.257. The highest BCUT2D eigenvalue weighted by Gasteiger charge is 2.28. The predicted octanol–water partition coefficient (Wildman–Crippen LogP) is 3.02. The molecule has 1 N–H and O–H groups in total. The van der Waals surface area contributed by atoms with Crippen LogP contribution in [0.25, 0.3) is 0 Å². The molecule has 0 saturated heterocycles. The van der Waals surface area contributed by atoms with Gasteiger partial charge < -0.3 is 5.11 Å². The van der Waals surface area contributed by atoms with E-state index in [0.717, 1.165) is 10.2 Å². The highest BCUT2D eigenvalue weighted by molar-refractivity contribution is 9.10. The van der Waals surface area contributed by atoms with E-state index < -0.39 is 0 Å². The molecular formula is C10H11BrOS. The Balaban J connectivity index is 2.46. The van der Waals surface area contributed by atoms with Gasteiger partial charge in [0.15, 0.2) is 0 Å². The lowest BCUT2D eigenvalue weighted by atomic mass is 9.97. The van der Waals surface area contributed by atoms with Crippen molar-refractivity contribution in [3.8, 4) is 0 Å². The van der Waals surface area contributed by atoms with Gasteiger partial charge in [-0.3, -0.25) is 0 Å². The molecule has 0 aromatic heterocycles. The molecule has 1 nitrogen and oxygen atoms in total. The van der Waals surface area contributed by atoms with Crippen molar-refractivity contribution < 1.29 is 5.11 Å². The van der Waals surface area contributed by atoms with E-state index in [9.17, 15) is 5.11 Å². The molecule has 0 amide bonds. The van der Waals surface area contributed by atoms with Gasteiger partial charge in [-0.1, -0.05) is 22.0 Å². The van der Waals surface area contributed by atoms with Gasteiger partial charge in [-0.05, 0) is 24.6 Å². The zero-order chi connectivity index (χ0) is 9.42. The summed E-state index contributed by atoms with van der Waals surface area (Å²) in [6.07, 6.45) is -0.257. The first-order chi connectivity index (χ1) is 6.20. The first-order valence-electron chi connectivity index (χ1n) is 4.29. The van der Waals surface area contributed by atoms with Gasteiger partial charge in [-0.25, -0.2) is 0 Å². The molecule has 1 aromatic carbocycles. The smallest absolute Gasteiger partial charge is 0.0589 e. The summed E-state index contributed by atoms with van der Waals surface area (Å²) in [6.45, 7) is 1.86. The molecule has 2 unspecified atom stereocenters. The highest BCUT2D eigenvalue weighted by atomic mass is 79.9. The average Bonchev–Trinajstić information content (AvgIpc) is 2.49. The second kappa shape index (κ2) is 3.64. The number of rotatable bonds is 1. The summed E-state index contributed by atoms with van der Waals surface area (Å²) in [5, 5.41) is 9.59. The second-order valence-electron chi connectivity index (χ2n) is 3.31. The van der Waals surface area contributed by atoms with Crippen LogP contribution in [0.1, 0.15) is 18.4 Å². The molecule has 0 saturated carbocycles. The molecular weight excluding hydrogens is 248 g/mol. The monoisotopic (exact) mass is 258 g/mol. The van der Waals surface area contributed by atoms with Crippen molar-refractivity contribution in [3.05, 3.63) is 28.2 Å². The molecule has 0 bridgehead atoms. The molecule has 2 atom stereocenters. The fraction of sp³-hybridized carbons (Fsp3) is 0.400. The van der Waals surface area contributed by atoms with Crippen molar-refractivity contribution in [2.24, 2.45) is 0 Å². The van der Waals surface area contributed by atoms with Crippen molar-refractivity contribution in [2.75, 3.05) is 5.75 Å². The molecule has 1 aromatic rings. The zero-order valence-electron chi connectivity index (χ0n) is 7.33. The third kappa shape index (κ3) is 1.65. The van der Waals surface area contributed by atoms with Crippen LogP contribution in [0.4, 0.5) is 0 Å². The maximum absolute atomic E-state index is 9.59. The highest BCUT2D eigenvalue weighted by Crippen LogP contribution is 2.44. The van der Waals surface area contributed by atoms with Crippen molar-refractivity contribution in [3.63, 3.8) is 0 Å². The lowest BCUT2D eigenvalue weighted by Crippen LogP contribution is -2.14. The Morgan fingerprint density at radius 3 is 3.08 bits per heavy atom. The van der Waals surface area contributed by atoms with Crippen LogP contribution in [0.2, 0.25) is 0 Å². The molecule has 0 radical (unpaired) electrons. The summed E-state index contributed by atoms with van der Waals surface area (Å²) in [6, 6.07) is 6.20. The fourth-order valence-corrected chi connectivity index (χ4v) is 3.83. The second-order valence-corrected chi connectivity index (χ2v) is 5.23. The Kier molecular flexibility index (Phi) is 2.67. The number of hydrogen-bond acceptors (Lipinski definition) is 2. The summed E-state index contributed by atoms with van der Waals surface area (Å²) in [5.41, 5.74) is 1.28. The van der Waals surface area contributed by atoms with Gasteiger partial charge in [0.05, 0.1) is 6.10 Å². The molecule has 3 heteroatoms. The molecule has 0 aliphatic carbocycles. The molecule has 70 valence electrons. The summed E-state index contributed by atoms with van der Waals surface area (Å²) < 4.78 is 1.13. The van der Waals surface area contributed by atoms with Crippen LogP contribution >= 0.6 is 27.7 Å². The number of benzene rings is 1. The van der Waals surface area contributed by atoms with Gasteiger partial charge in [0.1, 0.15) is 0 Å². The van der Waals surface area contributed by atoms with E-state index in [0.29, 0.717) is 0 Å². The fourth-order valence-electron chi connectivity index (χ4n) is 1.65. The topological polar surface area (TPSA) is 20.2 Å². The van der Waals surface area contributed by atoms with Crippen LogP contribution < -0.4 is 0 Å². The van der Waals surface area contributed by atoms with Gasteiger partial charge in [-0.15, -0.1) is 11.8 Å². The summed E-state index contributed by atoms with van der Waals surface area (Å²) in [5.74, 6) is 1.28. The third-order valence-electron chi connectivity index (χ3n) is 2.38. The normalized spacial score (nSPS) is 22.8. The first-order valence-corrected chi connectivity index (χ1v) is 6.07. The summed E-state index contributed by atoms with van der Waals surface area (Å²) in [4.78, 5) is 1.31. The SMILES string of the molecule is CC(O)C1CSc2cccc(Br)c21. The Labute approximate surface area is 90.7 Å². The minimum Gasteiger partial charge on any atom is -0.393 e. The lowest BCUT2D eigenvalue weighted by Gasteiger charge is -2.14. The number of thioether (sulfide) groups is 1. The average molecular weight is 259 g/mol. The Morgan fingerprint density at radius 1 is 1.62 bits per heavy atom. The van der Waals surface area contributed by atoms with Gasteiger partial charge in [-0.2, -0.15) is 0 Å². The number of aliphatic hydroxyl groups excluding tert-OH is 1. The van der Waals surface area contributed by atoms with Crippen molar-refractivity contribution in [1.29, 1.82) is 0 Å². The number of hydrogen-bond donors (Lipinski definition) is 1. The Morgan fingerprint density at radius 2 is 2.38 bits per heavy atom. The van der Waals surface area contributed by atoms with Crippen LogP contribution in [-0.2, 0) is 0 Å². The van der Waals surface area contributed by atoms with Gasteiger partial charge in [0, 0.05) is 21.0 Å². The van der Waals surface area contributed by atoms with Gasteiger partial charge in [0.25, 0.3) is 0 Å². The summed E-state index contributed by atoms with van der Waals surface area (Å²) >= 11 is 5.36. The van der Waals surface area contributed by atoms with Crippen molar-refractivity contribution >= 4 is 27.7 Å². The van der Waals surface area contributed by atoms with E-state index in [4.69, 9.17) is 0 Å². The molecule has 1 aliphatic rings. The number of halogens is 1. The van der Waals surface area contributed by atoms with Crippen LogP contribution in [0, 0.1) is 0 Å². The third-order valence-corrected chi connectivity index (χ3v) is 4.27. The lowest BCUT2D eigenvalue weighted by molar-refractivity contribution is 0.171. The molecule has 1 aliphatic heterocycles. The first kappa shape index (κ1) is 9.56. The molecule has 2 rings (SSSR count). The van der Waals surface area contributed by atoms with E-state index in [2.05, 4.69) is 22.0 Å². The van der Waals surface area contributed by atoms with Crippen LogP contribution in [0.3, 0.4) is 0 Å². The maximum Gasteiger partial charge on any atom is 0.0589 e. The van der Waals surface area contributed by atoms with E-state index in [1.807, 2.05) is 30.8 Å². The molecule has 13 heavy (non-hydrogen) atoms. The maximum atomic E-state index is 9.59. The van der Waals surface area contributed by atoms with E-state index in [-0.39, 0.29) is 12.0 Å². The van der Waals surface area contributed by atoms with Crippen molar-refractivity contribution in [2.45, 2.75) is 23.8 Å². The van der Waals surface area contributed by atoms with Crippen LogP contribution in [-0.4, -0.2) is 17.0 Å². The van der Waals surface area contributed by atoms with Crippen molar-refractivity contribution in [1.82, 2.24) is 0 Å². The Bertz CT molecular complexity index is 325. The standard InChI is InChI=1S/C10H11BrOS/c1-6(12)7-5-13-9-4-2-3-8(11)10(7)9/h2-4,6-7,12H,5H2,1H3. The van der Waals surface area contributed by atoms with Crippen LogP contribution in [0.5, 0.6) is 0 Å².